The number of hydrogen-bond acceptors (Lipinski definition) is 5. The van der Waals surface area contributed by atoms with Gasteiger partial charge < -0.3 is 15.0 Å². The molecule has 2 heterocycles. The molecule has 1 aromatic heterocycles. The summed E-state index contributed by atoms with van der Waals surface area (Å²) in [5, 5.41) is 3.34. The topological polar surface area (TPSA) is 71.5 Å². The SMILES string of the molecule is O=C(Nc1nc(-c2ccccc2)c(Cc2ccccc2)s1)C1CCCN1C(=O)c1ccc(OC(F)(F)F)cc1. The Bertz CT molecular complexity index is 1440. The molecule has 0 spiro atoms. The summed E-state index contributed by atoms with van der Waals surface area (Å²) >= 11 is 1.40. The summed E-state index contributed by atoms with van der Waals surface area (Å²) in [7, 11) is 0. The second kappa shape index (κ2) is 11.3. The molecule has 1 fully saturated rings. The number of hydrogen-bond donors (Lipinski definition) is 1. The second-order valence-electron chi connectivity index (χ2n) is 9.04. The number of likely N-dealkylation sites (tertiary alicyclic amines) is 1. The minimum absolute atomic E-state index is 0.176. The molecule has 1 unspecified atom stereocenters. The van der Waals surface area contributed by atoms with Gasteiger partial charge in [-0.3, -0.25) is 9.59 Å². The molecule has 0 bridgehead atoms. The van der Waals surface area contributed by atoms with Crippen LogP contribution < -0.4 is 10.1 Å². The number of benzene rings is 3. The van der Waals surface area contributed by atoms with E-state index in [4.69, 9.17) is 4.98 Å². The van der Waals surface area contributed by atoms with Crippen molar-refractivity contribution in [3.8, 4) is 17.0 Å². The second-order valence-corrected chi connectivity index (χ2v) is 10.1. The lowest BCUT2D eigenvalue weighted by Gasteiger charge is -2.23. The van der Waals surface area contributed by atoms with Crippen molar-refractivity contribution in [1.82, 2.24) is 9.88 Å². The molecule has 5 rings (SSSR count). The summed E-state index contributed by atoms with van der Waals surface area (Å²) in [6.45, 7) is 0.365. The van der Waals surface area contributed by atoms with E-state index in [1.807, 2.05) is 60.7 Å². The lowest BCUT2D eigenvalue weighted by molar-refractivity contribution is -0.274. The molecule has 1 N–H and O–H groups in total. The number of carbonyl (C=O) groups is 2. The van der Waals surface area contributed by atoms with E-state index in [-0.39, 0.29) is 11.5 Å². The number of rotatable bonds is 7. The molecule has 1 aliphatic heterocycles. The van der Waals surface area contributed by atoms with E-state index in [1.54, 1.807) is 0 Å². The van der Waals surface area contributed by atoms with Gasteiger partial charge in [0.1, 0.15) is 11.8 Å². The molecule has 2 amide bonds. The molecule has 4 aromatic rings. The smallest absolute Gasteiger partial charge is 0.406 e. The first-order chi connectivity index (χ1) is 18.8. The highest BCUT2D eigenvalue weighted by Crippen LogP contribution is 2.34. The third-order valence-electron chi connectivity index (χ3n) is 6.33. The molecule has 6 nitrogen and oxygen atoms in total. The van der Waals surface area contributed by atoms with E-state index in [1.165, 1.54) is 28.4 Å². The Labute approximate surface area is 227 Å². The van der Waals surface area contributed by atoms with Gasteiger partial charge in [-0.15, -0.1) is 24.5 Å². The third-order valence-corrected chi connectivity index (χ3v) is 7.30. The normalized spacial score (nSPS) is 15.3. The summed E-state index contributed by atoms with van der Waals surface area (Å²) < 4.78 is 41.2. The van der Waals surface area contributed by atoms with Crippen LogP contribution in [0.4, 0.5) is 18.3 Å². The van der Waals surface area contributed by atoms with E-state index in [0.717, 1.165) is 33.8 Å². The molecule has 1 atom stereocenters. The lowest BCUT2D eigenvalue weighted by atomic mass is 10.1. The predicted octanol–water partition coefficient (Wildman–Crippen LogP) is 6.54. The standard InChI is InChI=1S/C29H24F3N3O3S/c30-29(31,32)38-22-15-13-21(14-16-22)27(37)35-17-7-12-23(35)26(36)34-28-33-25(20-10-5-2-6-11-20)24(39-28)18-19-8-3-1-4-9-19/h1-6,8-11,13-16,23H,7,12,17-18H2,(H,33,34,36). The molecule has 1 saturated heterocycles. The summed E-state index contributed by atoms with van der Waals surface area (Å²) in [6.07, 6.45) is -3.06. The fraction of sp³-hybridized carbons (Fsp3) is 0.207. The molecule has 0 aliphatic carbocycles. The number of thiazole rings is 1. The number of aromatic nitrogens is 1. The van der Waals surface area contributed by atoms with Crippen LogP contribution in [0.15, 0.2) is 84.9 Å². The predicted molar refractivity (Wildman–Crippen MR) is 143 cm³/mol. The molecular formula is C29H24F3N3O3S. The number of nitrogens with zero attached hydrogens (tertiary/aromatic N) is 2. The minimum atomic E-state index is -4.82. The maximum absolute atomic E-state index is 13.3. The summed E-state index contributed by atoms with van der Waals surface area (Å²) in [5.74, 6) is -1.20. The first-order valence-electron chi connectivity index (χ1n) is 12.3. The van der Waals surface area contributed by atoms with Gasteiger partial charge in [-0.25, -0.2) is 4.98 Å². The minimum Gasteiger partial charge on any atom is -0.406 e. The van der Waals surface area contributed by atoms with Gasteiger partial charge in [-0.1, -0.05) is 60.7 Å². The van der Waals surface area contributed by atoms with E-state index >= 15 is 0 Å². The fourth-order valence-corrected chi connectivity index (χ4v) is 5.58. The maximum atomic E-state index is 13.3. The third kappa shape index (κ3) is 6.46. The van der Waals surface area contributed by atoms with Crippen LogP contribution in [0.5, 0.6) is 5.75 Å². The fourth-order valence-electron chi connectivity index (χ4n) is 4.56. The maximum Gasteiger partial charge on any atom is 0.573 e. The molecule has 39 heavy (non-hydrogen) atoms. The van der Waals surface area contributed by atoms with Gasteiger partial charge in [-0.05, 0) is 42.7 Å². The largest absolute Gasteiger partial charge is 0.573 e. The van der Waals surface area contributed by atoms with Crippen LogP contribution >= 0.6 is 11.3 Å². The average Bonchev–Trinajstić information content (AvgIpc) is 3.56. The van der Waals surface area contributed by atoms with Crippen molar-refractivity contribution >= 4 is 28.3 Å². The van der Waals surface area contributed by atoms with Gasteiger partial charge >= 0.3 is 6.36 Å². The van der Waals surface area contributed by atoms with Crippen molar-refractivity contribution in [2.75, 3.05) is 11.9 Å². The van der Waals surface area contributed by atoms with E-state index in [0.29, 0.717) is 30.9 Å². The number of halogens is 3. The number of nitrogens with one attached hydrogen (secondary N) is 1. The van der Waals surface area contributed by atoms with Crippen LogP contribution in [0.1, 0.15) is 33.6 Å². The molecule has 1 aliphatic rings. The molecule has 0 saturated carbocycles. The number of anilines is 1. The Hall–Kier alpha value is -4.18. The van der Waals surface area contributed by atoms with Crippen molar-refractivity contribution < 1.29 is 27.5 Å². The van der Waals surface area contributed by atoms with Crippen molar-refractivity contribution in [2.24, 2.45) is 0 Å². The molecule has 10 heteroatoms. The number of alkyl halides is 3. The zero-order valence-corrected chi connectivity index (χ0v) is 21.5. The van der Waals surface area contributed by atoms with Crippen LogP contribution in [-0.2, 0) is 11.2 Å². The van der Waals surface area contributed by atoms with Gasteiger partial charge in [0, 0.05) is 29.0 Å². The van der Waals surface area contributed by atoms with Crippen molar-refractivity contribution in [3.63, 3.8) is 0 Å². The zero-order chi connectivity index (χ0) is 27.4. The Morgan fingerprint density at radius 1 is 0.974 bits per heavy atom. The highest BCUT2D eigenvalue weighted by atomic mass is 32.1. The average molecular weight is 552 g/mol. The highest BCUT2D eigenvalue weighted by Gasteiger charge is 2.35. The van der Waals surface area contributed by atoms with Gasteiger partial charge in [-0.2, -0.15) is 0 Å². The van der Waals surface area contributed by atoms with Gasteiger partial charge in [0.05, 0.1) is 5.69 Å². The number of ether oxygens (including phenoxy) is 1. The molecule has 3 aromatic carbocycles. The van der Waals surface area contributed by atoms with Crippen LogP contribution in [-0.4, -0.2) is 40.6 Å². The number of amides is 2. The summed E-state index contributed by atoms with van der Waals surface area (Å²) in [5.41, 5.74) is 3.03. The first kappa shape index (κ1) is 26.4. The van der Waals surface area contributed by atoms with E-state index in [9.17, 15) is 22.8 Å². The van der Waals surface area contributed by atoms with Crippen molar-refractivity contribution in [1.29, 1.82) is 0 Å². The van der Waals surface area contributed by atoms with Crippen LogP contribution in [0.25, 0.3) is 11.3 Å². The highest BCUT2D eigenvalue weighted by molar-refractivity contribution is 7.16. The van der Waals surface area contributed by atoms with Crippen LogP contribution in [0.3, 0.4) is 0 Å². The number of carbonyl (C=O) groups excluding carboxylic acids is 2. The Balaban J connectivity index is 1.33. The van der Waals surface area contributed by atoms with Gasteiger partial charge in [0.15, 0.2) is 5.13 Å². The monoisotopic (exact) mass is 551 g/mol. The quantitative estimate of drug-likeness (QED) is 0.283. The summed E-state index contributed by atoms with van der Waals surface area (Å²) in [6, 6.07) is 23.7. The van der Waals surface area contributed by atoms with Crippen LogP contribution in [0, 0.1) is 0 Å². The Morgan fingerprint density at radius 3 is 2.31 bits per heavy atom. The molecular weight excluding hydrogens is 527 g/mol. The lowest BCUT2D eigenvalue weighted by Crippen LogP contribution is -2.43. The van der Waals surface area contributed by atoms with Crippen LogP contribution in [0.2, 0.25) is 0 Å². The summed E-state index contributed by atoms with van der Waals surface area (Å²) in [4.78, 5) is 33.6. The Kier molecular flexibility index (Phi) is 7.65. The first-order valence-corrected chi connectivity index (χ1v) is 13.2. The van der Waals surface area contributed by atoms with Gasteiger partial charge in [0.2, 0.25) is 5.91 Å². The van der Waals surface area contributed by atoms with E-state index in [2.05, 4.69) is 10.1 Å². The van der Waals surface area contributed by atoms with Gasteiger partial charge in [0.25, 0.3) is 5.91 Å². The molecule has 0 radical (unpaired) electrons. The van der Waals surface area contributed by atoms with E-state index < -0.39 is 24.1 Å². The van der Waals surface area contributed by atoms with Crippen molar-refractivity contribution in [3.05, 3.63) is 101 Å². The van der Waals surface area contributed by atoms with Crippen molar-refractivity contribution in [2.45, 2.75) is 31.7 Å². The zero-order valence-electron chi connectivity index (χ0n) is 20.6. The molecule has 200 valence electrons. The Morgan fingerprint density at radius 2 is 1.64 bits per heavy atom.